The van der Waals surface area contributed by atoms with Crippen LogP contribution in [0.3, 0.4) is 0 Å². The van der Waals surface area contributed by atoms with Crippen molar-refractivity contribution in [2.45, 2.75) is 32.1 Å². The van der Waals surface area contributed by atoms with Crippen LogP contribution in [0.1, 0.15) is 42.5 Å². The number of carbonyl (C=O) groups excluding carboxylic acids is 3. The average Bonchev–Trinajstić information content (AvgIpc) is 2.64. The van der Waals surface area contributed by atoms with E-state index >= 15 is 0 Å². The monoisotopic (exact) mass is 457 g/mol. The molecule has 0 bridgehead atoms. The van der Waals surface area contributed by atoms with Crippen LogP contribution in [0.25, 0.3) is 0 Å². The van der Waals surface area contributed by atoms with E-state index in [1.165, 1.54) is 6.42 Å². The van der Waals surface area contributed by atoms with E-state index in [0.29, 0.717) is 18.7 Å². The SMILES string of the molecule is O=C(CNC(=O)c1ccccc1I)NCCNC(=O)C1CCCCC1. The lowest BCUT2D eigenvalue weighted by Gasteiger charge is -2.20. The molecule has 0 atom stereocenters. The lowest BCUT2D eigenvalue weighted by molar-refractivity contribution is -0.126. The van der Waals surface area contributed by atoms with Crippen molar-refractivity contribution in [2.75, 3.05) is 19.6 Å². The quantitative estimate of drug-likeness (QED) is 0.432. The van der Waals surface area contributed by atoms with Gasteiger partial charge in [0.15, 0.2) is 0 Å². The summed E-state index contributed by atoms with van der Waals surface area (Å²) in [4.78, 5) is 35.7. The summed E-state index contributed by atoms with van der Waals surface area (Å²) in [5.41, 5.74) is 0.552. The fraction of sp³-hybridized carbons (Fsp3) is 0.500. The summed E-state index contributed by atoms with van der Waals surface area (Å²) in [6.45, 7) is 0.683. The average molecular weight is 457 g/mol. The number of nitrogens with one attached hydrogen (secondary N) is 3. The molecule has 1 aromatic rings. The van der Waals surface area contributed by atoms with Crippen LogP contribution >= 0.6 is 22.6 Å². The van der Waals surface area contributed by atoms with E-state index < -0.39 is 0 Å². The van der Waals surface area contributed by atoms with Gasteiger partial charge in [0.2, 0.25) is 11.8 Å². The summed E-state index contributed by atoms with van der Waals surface area (Å²) in [6, 6.07) is 7.19. The third-order valence-corrected chi connectivity index (χ3v) is 5.19. The molecule has 136 valence electrons. The van der Waals surface area contributed by atoms with Crippen LogP contribution in [0, 0.1) is 9.49 Å². The Morgan fingerprint density at radius 1 is 0.960 bits per heavy atom. The number of halogens is 1. The minimum atomic E-state index is -0.272. The summed E-state index contributed by atoms with van der Waals surface area (Å²) < 4.78 is 0.837. The molecule has 0 radical (unpaired) electrons. The molecule has 25 heavy (non-hydrogen) atoms. The second-order valence-electron chi connectivity index (χ2n) is 6.14. The molecule has 0 unspecified atom stereocenters. The second-order valence-corrected chi connectivity index (χ2v) is 7.30. The fourth-order valence-corrected chi connectivity index (χ4v) is 3.49. The van der Waals surface area contributed by atoms with Gasteiger partial charge in [-0.15, -0.1) is 0 Å². The van der Waals surface area contributed by atoms with Crippen molar-refractivity contribution in [3.05, 3.63) is 33.4 Å². The normalized spacial score (nSPS) is 14.6. The van der Waals surface area contributed by atoms with Crippen LogP contribution in [0.4, 0.5) is 0 Å². The molecule has 1 aliphatic carbocycles. The number of carbonyl (C=O) groups is 3. The summed E-state index contributed by atoms with van der Waals surface area (Å²) >= 11 is 2.08. The Morgan fingerprint density at radius 3 is 2.36 bits per heavy atom. The topological polar surface area (TPSA) is 87.3 Å². The van der Waals surface area contributed by atoms with E-state index in [1.54, 1.807) is 12.1 Å². The van der Waals surface area contributed by atoms with Crippen molar-refractivity contribution in [3.8, 4) is 0 Å². The first-order valence-corrected chi connectivity index (χ1v) is 9.73. The van der Waals surface area contributed by atoms with Crippen LogP contribution in [-0.2, 0) is 9.59 Å². The summed E-state index contributed by atoms with van der Waals surface area (Å²) in [7, 11) is 0. The Labute approximate surface area is 161 Å². The van der Waals surface area contributed by atoms with E-state index in [0.717, 1.165) is 29.3 Å². The van der Waals surface area contributed by atoms with Crippen LogP contribution in [0.5, 0.6) is 0 Å². The zero-order valence-electron chi connectivity index (χ0n) is 14.1. The molecule has 0 aromatic heterocycles. The van der Waals surface area contributed by atoms with Gasteiger partial charge in [-0.3, -0.25) is 14.4 Å². The molecular formula is C18H24IN3O3. The molecule has 1 aromatic carbocycles. The largest absolute Gasteiger partial charge is 0.354 e. The third kappa shape index (κ3) is 6.64. The lowest BCUT2D eigenvalue weighted by atomic mass is 9.89. The molecule has 0 aliphatic heterocycles. The molecule has 2 rings (SSSR count). The van der Waals surface area contributed by atoms with Crippen LogP contribution in [-0.4, -0.2) is 37.4 Å². The number of hydrogen-bond donors (Lipinski definition) is 3. The lowest BCUT2D eigenvalue weighted by Crippen LogP contribution is -2.41. The highest BCUT2D eigenvalue weighted by atomic mass is 127. The highest BCUT2D eigenvalue weighted by Crippen LogP contribution is 2.23. The van der Waals surface area contributed by atoms with Crippen molar-refractivity contribution in [3.63, 3.8) is 0 Å². The Bertz CT molecular complexity index is 615. The molecule has 0 spiro atoms. The zero-order valence-corrected chi connectivity index (χ0v) is 16.3. The number of hydrogen-bond acceptors (Lipinski definition) is 3. The van der Waals surface area contributed by atoms with Gasteiger partial charge in [-0.05, 0) is 47.6 Å². The molecule has 3 N–H and O–H groups in total. The van der Waals surface area contributed by atoms with Gasteiger partial charge in [-0.25, -0.2) is 0 Å². The second kappa shape index (κ2) is 10.4. The Kier molecular flexibility index (Phi) is 8.17. The third-order valence-electron chi connectivity index (χ3n) is 4.25. The number of rotatable bonds is 7. The molecule has 0 saturated heterocycles. The van der Waals surface area contributed by atoms with Crippen molar-refractivity contribution in [2.24, 2.45) is 5.92 Å². The van der Waals surface area contributed by atoms with Crippen molar-refractivity contribution in [1.29, 1.82) is 0 Å². The molecule has 0 heterocycles. The predicted octanol–water partition coefficient (Wildman–Crippen LogP) is 1.83. The van der Waals surface area contributed by atoms with Gasteiger partial charge in [0.1, 0.15) is 0 Å². The van der Waals surface area contributed by atoms with Gasteiger partial charge < -0.3 is 16.0 Å². The predicted molar refractivity (Wildman–Crippen MR) is 104 cm³/mol. The van der Waals surface area contributed by atoms with E-state index in [4.69, 9.17) is 0 Å². The minimum Gasteiger partial charge on any atom is -0.354 e. The van der Waals surface area contributed by atoms with Crippen LogP contribution < -0.4 is 16.0 Å². The summed E-state index contributed by atoms with van der Waals surface area (Å²) in [5.74, 6) is -0.338. The van der Waals surface area contributed by atoms with Gasteiger partial charge in [-0.2, -0.15) is 0 Å². The standard InChI is InChI=1S/C18H24IN3O3/c19-15-9-5-4-8-14(15)18(25)22-12-16(23)20-10-11-21-17(24)13-6-2-1-3-7-13/h4-5,8-9,13H,1-3,6-7,10-12H2,(H,20,23)(H,21,24)(H,22,25). The maximum absolute atomic E-state index is 12.0. The number of amides is 3. The molecule has 1 saturated carbocycles. The zero-order chi connectivity index (χ0) is 18.1. The highest BCUT2D eigenvalue weighted by Gasteiger charge is 2.20. The van der Waals surface area contributed by atoms with Crippen molar-refractivity contribution >= 4 is 40.3 Å². The van der Waals surface area contributed by atoms with E-state index in [-0.39, 0.29) is 30.2 Å². The van der Waals surface area contributed by atoms with Gasteiger partial charge in [0.05, 0.1) is 12.1 Å². The van der Waals surface area contributed by atoms with Gasteiger partial charge in [-0.1, -0.05) is 31.4 Å². The van der Waals surface area contributed by atoms with Crippen molar-refractivity contribution in [1.82, 2.24) is 16.0 Å². The molecule has 7 heteroatoms. The Hall–Kier alpha value is -1.64. The van der Waals surface area contributed by atoms with Crippen LogP contribution in [0.15, 0.2) is 24.3 Å². The molecule has 1 aliphatic rings. The molecular weight excluding hydrogens is 433 g/mol. The molecule has 6 nitrogen and oxygen atoms in total. The Balaban J connectivity index is 1.60. The number of benzene rings is 1. The first-order valence-electron chi connectivity index (χ1n) is 8.65. The van der Waals surface area contributed by atoms with Crippen molar-refractivity contribution < 1.29 is 14.4 Å². The smallest absolute Gasteiger partial charge is 0.252 e. The highest BCUT2D eigenvalue weighted by molar-refractivity contribution is 14.1. The minimum absolute atomic E-state index is 0.0830. The first kappa shape index (κ1) is 19.7. The van der Waals surface area contributed by atoms with E-state index in [2.05, 4.69) is 38.5 Å². The maximum atomic E-state index is 12.0. The fourth-order valence-electron chi connectivity index (χ4n) is 2.86. The Morgan fingerprint density at radius 2 is 1.64 bits per heavy atom. The summed E-state index contributed by atoms with van der Waals surface area (Å²) in [6.07, 6.45) is 5.38. The summed E-state index contributed by atoms with van der Waals surface area (Å²) in [5, 5.41) is 8.15. The van der Waals surface area contributed by atoms with Gasteiger partial charge in [0.25, 0.3) is 5.91 Å². The first-order chi connectivity index (χ1) is 12.1. The van der Waals surface area contributed by atoms with Gasteiger partial charge >= 0.3 is 0 Å². The van der Waals surface area contributed by atoms with Gasteiger partial charge in [0, 0.05) is 22.6 Å². The molecule has 1 fully saturated rings. The maximum Gasteiger partial charge on any atom is 0.252 e. The molecule has 3 amide bonds. The van der Waals surface area contributed by atoms with E-state index in [9.17, 15) is 14.4 Å². The van der Waals surface area contributed by atoms with E-state index in [1.807, 2.05) is 12.1 Å². The van der Waals surface area contributed by atoms with Crippen LogP contribution in [0.2, 0.25) is 0 Å².